The summed E-state index contributed by atoms with van der Waals surface area (Å²) in [6, 6.07) is 4.94. The summed E-state index contributed by atoms with van der Waals surface area (Å²) < 4.78 is 3.67. The van der Waals surface area contributed by atoms with E-state index >= 15 is 0 Å². The molecule has 1 aromatic carbocycles. The molecule has 6 nitrogen and oxygen atoms in total. The summed E-state index contributed by atoms with van der Waals surface area (Å²) in [6.07, 6.45) is 1.44. The number of carboxylic acid groups (broad SMARTS) is 1. The number of amides is 1. The van der Waals surface area contributed by atoms with Crippen molar-refractivity contribution in [2.45, 2.75) is 13.1 Å². The van der Waals surface area contributed by atoms with Gasteiger partial charge in [-0.05, 0) is 34.8 Å². The van der Waals surface area contributed by atoms with Crippen molar-refractivity contribution in [1.29, 1.82) is 0 Å². The van der Waals surface area contributed by atoms with Gasteiger partial charge in [-0.2, -0.15) is 0 Å². The SMILES string of the molecule is O=C(O)c1ccc2c(c1)CN(C(=O)c1cnns1)C2. The minimum absolute atomic E-state index is 0.122. The van der Waals surface area contributed by atoms with Gasteiger partial charge in [0.15, 0.2) is 0 Å². The minimum Gasteiger partial charge on any atom is -0.478 e. The molecular formula is C12H9N3O3S. The van der Waals surface area contributed by atoms with Gasteiger partial charge in [-0.15, -0.1) is 5.10 Å². The average molecular weight is 275 g/mol. The first-order chi connectivity index (χ1) is 9.15. The molecule has 0 radical (unpaired) electrons. The molecule has 7 heteroatoms. The maximum absolute atomic E-state index is 12.1. The largest absolute Gasteiger partial charge is 0.478 e. The number of rotatable bonds is 2. The highest BCUT2D eigenvalue weighted by Gasteiger charge is 2.26. The fraction of sp³-hybridized carbons (Fsp3) is 0.167. The van der Waals surface area contributed by atoms with Crippen molar-refractivity contribution in [2.24, 2.45) is 0 Å². The molecule has 0 saturated heterocycles. The Bertz CT molecular complexity index is 654. The maximum atomic E-state index is 12.1. The van der Waals surface area contributed by atoms with Gasteiger partial charge >= 0.3 is 5.97 Å². The second kappa shape index (κ2) is 4.43. The third kappa shape index (κ3) is 2.08. The van der Waals surface area contributed by atoms with E-state index in [-0.39, 0.29) is 11.5 Å². The number of fused-ring (bicyclic) bond motifs is 1. The molecule has 0 fully saturated rings. The molecule has 1 N–H and O–H groups in total. The predicted octanol–water partition coefficient (Wildman–Crippen LogP) is 1.39. The third-order valence-electron chi connectivity index (χ3n) is 3.03. The number of nitrogens with zero attached hydrogens (tertiary/aromatic N) is 3. The summed E-state index contributed by atoms with van der Waals surface area (Å²) in [4.78, 5) is 25.2. The zero-order valence-corrected chi connectivity index (χ0v) is 10.6. The fourth-order valence-electron chi connectivity index (χ4n) is 2.09. The summed E-state index contributed by atoms with van der Waals surface area (Å²) in [7, 11) is 0. The average Bonchev–Trinajstić information content (AvgIpc) is 3.06. The van der Waals surface area contributed by atoms with Gasteiger partial charge < -0.3 is 10.0 Å². The minimum atomic E-state index is -0.959. The van der Waals surface area contributed by atoms with Gasteiger partial charge in [0.1, 0.15) is 4.88 Å². The van der Waals surface area contributed by atoms with E-state index in [1.165, 1.54) is 6.20 Å². The Labute approximate surface area is 112 Å². The monoisotopic (exact) mass is 275 g/mol. The number of hydrogen-bond acceptors (Lipinski definition) is 5. The van der Waals surface area contributed by atoms with Crippen LogP contribution in [0.4, 0.5) is 0 Å². The van der Waals surface area contributed by atoms with Gasteiger partial charge in [-0.3, -0.25) is 4.79 Å². The van der Waals surface area contributed by atoms with E-state index in [1.807, 2.05) is 0 Å². The highest BCUT2D eigenvalue weighted by Crippen LogP contribution is 2.25. The highest BCUT2D eigenvalue weighted by molar-refractivity contribution is 7.07. The maximum Gasteiger partial charge on any atom is 0.335 e. The van der Waals surface area contributed by atoms with Crippen molar-refractivity contribution in [3.05, 3.63) is 46.0 Å². The van der Waals surface area contributed by atoms with Crippen LogP contribution in [-0.2, 0) is 13.1 Å². The quantitative estimate of drug-likeness (QED) is 0.895. The van der Waals surface area contributed by atoms with E-state index < -0.39 is 5.97 Å². The van der Waals surface area contributed by atoms with Crippen LogP contribution in [-0.4, -0.2) is 31.5 Å². The normalized spacial score (nSPS) is 13.4. The molecule has 2 aromatic rings. The summed E-state index contributed by atoms with van der Waals surface area (Å²) in [5.74, 6) is -1.08. The Balaban J connectivity index is 1.84. The van der Waals surface area contributed by atoms with E-state index in [2.05, 4.69) is 9.59 Å². The summed E-state index contributed by atoms with van der Waals surface area (Å²) >= 11 is 1.06. The first-order valence-corrected chi connectivity index (χ1v) is 6.34. The van der Waals surface area contributed by atoms with Crippen molar-refractivity contribution in [1.82, 2.24) is 14.5 Å². The number of aromatic carboxylic acids is 1. The van der Waals surface area contributed by atoms with E-state index in [0.717, 1.165) is 22.7 Å². The first kappa shape index (κ1) is 11.8. The summed E-state index contributed by atoms with van der Waals surface area (Å²) in [5, 5.41) is 12.6. The number of carboxylic acids is 1. The second-order valence-corrected chi connectivity index (χ2v) is 5.02. The molecule has 0 aliphatic carbocycles. The van der Waals surface area contributed by atoms with Gasteiger partial charge in [0, 0.05) is 13.1 Å². The lowest BCUT2D eigenvalue weighted by Gasteiger charge is -2.12. The lowest BCUT2D eigenvalue weighted by molar-refractivity contribution is 0.0696. The number of benzene rings is 1. The van der Waals surface area contributed by atoms with Gasteiger partial charge in [0.25, 0.3) is 5.91 Å². The van der Waals surface area contributed by atoms with Crippen LogP contribution in [0.3, 0.4) is 0 Å². The number of carbonyl (C=O) groups is 2. The lowest BCUT2D eigenvalue weighted by atomic mass is 10.1. The Morgan fingerprint density at radius 3 is 2.74 bits per heavy atom. The highest BCUT2D eigenvalue weighted by atomic mass is 32.1. The second-order valence-electron chi connectivity index (χ2n) is 4.23. The number of carbonyl (C=O) groups excluding carboxylic acids is 1. The molecule has 96 valence electrons. The molecule has 0 spiro atoms. The zero-order chi connectivity index (χ0) is 13.4. The molecule has 3 rings (SSSR count). The van der Waals surface area contributed by atoms with Crippen LogP contribution in [0.1, 0.15) is 31.2 Å². The van der Waals surface area contributed by atoms with E-state index in [9.17, 15) is 9.59 Å². The molecular weight excluding hydrogens is 266 g/mol. The fourth-order valence-corrected chi connectivity index (χ4v) is 2.57. The summed E-state index contributed by atoms with van der Waals surface area (Å²) in [6.45, 7) is 0.916. The van der Waals surface area contributed by atoms with Crippen LogP contribution < -0.4 is 0 Å². The first-order valence-electron chi connectivity index (χ1n) is 5.57. The van der Waals surface area contributed by atoms with Crippen LogP contribution in [0.15, 0.2) is 24.4 Å². The molecule has 1 aromatic heterocycles. The third-order valence-corrected chi connectivity index (χ3v) is 3.69. The van der Waals surface area contributed by atoms with Crippen molar-refractivity contribution < 1.29 is 14.7 Å². The predicted molar refractivity (Wildman–Crippen MR) is 66.9 cm³/mol. The molecule has 0 saturated carbocycles. The summed E-state index contributed by atoms with van der Waals surface area (Å²) in [5.41, 5.74) is 2.11. The number of hydrogen-bond donors (Lipinski definition) is 1. The van der Waals surface area contributed by atoms with Gasteiger partial charge in [-0.25, -0.2) is 4.79 Å². The zero-order valence-electron chi connectivity index (χ0n) is 9.74. The topological polar surface area (TPSA) is 83.4 Å². The van der Waals surface area contributed by atoms with Crippen LogP contribution >= 0.6 is 11.5 Å². The molecule has 19 heavy (non-hydrogen) atoms. The van der Waals surface area contributed by atoms with Gasteiger partial charge in [0.05, 0.1) is 11.8 Å². The Morgan fingerprint density at radius 1 is 1.26 bits per heavy atom. The number of aromatic nitrogens is 2. The van der Waals surface area contributed by atoms with Crippen molar-refractivity contribution in [3.8, 4) is 0 Å². The van der Waals surface area contributed by atoms with Crippen LogP contribution in [0.5, 0.6) is 0 Å². The van der Waals surface area contributed by atoms with Crippen molar-refractivity contribution in [2.75, 3.05) is 0 Å². The van der Waals surface area contributed by atoms with E-state index in [4.69, 9.17) is 5.11 Å². The van der Waals surface area contributed by atoms with Crippen molar-refractivity contribution in [3.63, 3.8) is 0 Å². The van der Waals surface area contributed by atoms with Crippen LogP contribution in [0.2, 0.25) is 0 Å². The van der Waals surface area contributed by atoms with Crippen LogP contribution in [0, 0.1) is 0 Å². The molecule has 1 amide bonds. The lowest BCUT2D eigenvalue weighted by Crippen LogP contribution is -2.24. The Hall–Kier alpha value is -2.28. The Morgan fingerprint density at radius 2 is 2.05 bits per heavy atom. The van der Waals surface area contributed by atoms with E-state index in [1.54, 1.807) is 23.1 Å². The molecule has 0 bridgehead atoms. The van der Waals surface area contributed by atoms with Crippen molar-refractivity contribution >= 4 is 23.4 Å². The van der Waals surface area contributed by atoms with Gasteiger partial charge in [-0.1, -0.05) is 10.6 Å². The standard InChI is InChI=1S/C12H9N3O3S/c16-11(10-4-13-14-19-10)15-5-8-2-1-7(12(17)18)3-9(8)6-15/h1-4H,5-6H2,(H,17,18). The van der Waals surface area contributed by atoms with Gasteiger partial charge in [0.2, 0.25) is 0 Å². The molecule has 0 unspecified atom stereocenters. The molecule has 1 aliphatic rings. The molecule has 0 atom stereocenters. The molecule has 2 heterocycles. The smallest absolute Gasteiger partial charge is 0.335 e. The molecule has 1 aliphatic heterocycles. The van der Waals surface area contributed by atoms with E-state index in [0.29, 0.717) is 18.0 Å². The van der Waals surface area contributed by atoms with Crippen LogP contribution in [0.25, 0.3) is 0 Å². The Kier molecular flexibility index (Phi) is 2.75.